The van der Waals surface area contributed by atoms with Crippen LogP contribution in [0, 0.1) is 11.7 Å². The lowest BCUT2D eigenvalue weighted by Crippen LogP contribution is -2.34. The van der Waals surface area contributed by atoms with E-state index in [9.17, 15) is 14.0 Å². The summed E-state index contributed by atoms with van der Waals surface area (Å²) in [6.07, 6.45) is 0.153. The molecule has 10 heteroatoms. The Bertz CT molecular complexity index is 976. The Kier molecular flexibility index (Phi) is 5.42. The van der Waals surface area contributed by atoms with E-state index in [4.69, 9.17) is 16.0 Å². The predicted octanol–water partition coefficient (Wildman–Crippen LogP) is 3.14. The highest BCUT2D eigenvalue weighted by atomic mass is 19.1. The summed E-state index contributed by atoms with van der Waals surface area (Å²) >= 11 is 0. The van der Waals surface area contributed by atoms with E-state index in [-0.39, 0.29) is 13.1 Å². The molecule has 2 amide bonds. The fraction of sp³-hybridized carbons (Fsp3) is 0.278. The van der Waals surface area contributed by atoms with E-state index in [2.05, 4.69) is 15.0 Å². The summed E-state index contributed by atoms with van der Waals surface area (Å²) in [4.78, 5) is 31.4. The van der Waals surface area contributed by atoms with Crippen molar-refractivity contribution in [2.24, 2.45) is 16.8 Å². The van der Waals surface area contributed by atoms with Crippen LogP contribution in [0.3, 0.4) is 0 Å². The van der Waals surface area contributed by atoms with E-state index in [1.54, 1.807) is 25.1 Å². The number of carbonyl (C=O) groups excluding carboxylic acids is 2. The summed E-state index contributed by atoms with van der Waals surface area (Å²) in [7, 11) is 0. The molecule has 1 aliphatic rings. The number of cyclic esters (lactones) is 1. The van der Waals surface area contributed by atoms with Gasteiger partial charge in [-0.2, -0.15) is 0 Å². The highest BCUT2D eigenvalue weighted by Crippen LogP contribution is 2.30. The zero-order valence-corrected chi connectivity index (χ0v) is 14.9. The maximum Gasteiger partial charge on any atom is 0.414 e. The van der Waals surface area contributed by atoms with E-state index < -0.39 is 29.8 Å². The molecule has 2 N–H and O–H groups in total. The summed E-state index contributed by atoms with van der Waals surface area (Å²) in [6.45, 7) is 1.74. The van der Waals surface area contributed by atoms with Crippen LogP contribution in [0.1, 0.15) is 12.6 Å². The average molecular weight is 384 g/mol. The molecule has 2 atom stereocenters. The number of benzene rings is 1. The number of primary amides is 1. The minimum atomic E-state index is -0.684. The van der Waals surface area contributed by atoms with Crippen molar-refractivity contribution in [2.75, 3.05) is 11.4 Å². The first-order chi connectivity index (χ1) is 13.4. The van der Waals surface area contributed by atoms with Crippen molar-refractivity contribution in [2.45, 2.75) is 19.6 Å². The number of hydrogen-bond acceptors (Lipinski definition) is 5. The summed E-state index contributed by atoms with van der Waals surface area (Å²) < 4.78 is 19.9. The zero-order valence-electron chi connectivity index (χ0n) is 14.9. The molecule has 28 heavy (non-hydrogen) atoms. The van der Waals surface area contributed by atoms with Crippen LogP contribution in [-0.4, -0.2) is 29.6 Å². The fourth-order valence-corrected chi connectivity index (χ4v) is 2.88. The van der Waals surface area contributed by atoms with Gasteiger partial charge in [-0.05, 0) is 48.4 Å². The number of rotatable bonds is 6. The molecule has 1 saturated heterocycles. The maximum absolute atomic E-state index is 14.7. The van der Waals surface area contributed by atoms with Gasteiger partial charge in [0.1, 0.15) is 11.9 Å². The van der Waals surface area contributed by atoms with Crippen LogP contribution in [0.4, 0.5) is 14.9 Å². The summed E-state index contributed by atoms with van der Waals surface area (Å²) in [6, 6.07) is 7.61. The van der Waals surface area contributed by atoms with Gasteiger partial charge in [-0.15, -0.1) is 0 Å². The fourth-order valence-electron chi connectivity index (χ4n) is 2.88. The highest BCUT2D eigenvalue weighted by Gasteiger charge is 2.37. The molecule has 1 aromatic heterocycles. The number of azide groups is 1. The van der Waals surface area contributed by atoms with Gasteiger partial charge in [0.25, 0.3) is 0 Å². The molecule has 0 radical (unpaired) electrons. The number of ether oxygens (including phenoxy) is 1. The van der Waals surface area contributed by atoms with E-state index >= 15 is 0 Å². The topological polar surface area (TPSA) is 134 Å². The summed E-state index contributed by atoms with van der Waals surface area (Å²) in [5.74, 6) is -1.77. The molecule has 3 rings (SSSR count). The first-order valence-corrected chi connectivity index (χ1v) is 8.44. The van der Waals surface area contributed by atoms with Gasteiger partial charge in [0, 0.05) is 22.4 Å². The van der Waals surface area contributed by atoms with Crippen LogP contribution >= 0.6 is 0 Å². The second-order valence-corrected chi connectivity index (χ2v) is 6.31. The number of carbonyl (C=O) groups is 2. The van der Waals surface area contributed by atoms with Crippen molar-refractivity contribution in [3.63, 3.8) is 0 Å². The number of amides is 2. The molecular weight excluding hydrogens is 367 g/mol. The largest absolute Gasteiger partial charge is 0.443 e. The van der Waals surface area contributed by atoms with Gasteiger partial charge in [0.05, 0.1) is 24.7 Å². The second-order valence-electron chi connectivity index (χ2n) is 6.31. The Morgan fingerprint density at radius 1 is 1.50 bits per heavy atom. The molecule has 1 unspecified atom stereocenters. The number of anilines is 1. The Morgan fingerprint density at radius 3 is 2.96 bits per heavy atom. The second kappa shape index (κ2) is 7.93. The number of halogens is 1. The lowest BCUT2D eigenvalue weighted by Gasteiger charge is -2.16. The average Bonchev–Trinajstić information content (AvgIpc) is 3.07. The molecule has 144 valence electrons. The number of nitrogens with zero attached hydrogens (tertiary/aromatic N) is 5. The standard InChI is InChI=1S/C18H17FN6O3/c1-10(17(20)26)16-9-25(18(27)28-16)13-2-3-14(15(19)7-13)11-4-5-22-12(6-11)8-23-24-21/h2-7,10,16H,8-9H2,1H3,(H2,20,26)/t10-,16?/m0/s1. The quantitative estimate of drug-likeness (QED) is 0.465. The van der Waals surface area contributed by atoms with Crippen molar-refractivity contribution >= 4 is 17.7 Å². The molecule has 0 aliphatic carbocycles. The monoisotopic (exact) mass is 384 g/mol. The molecule has 1 aromatic carbocycles. The zero-order chi connectivity index (χ0) is 20.3. The highest BCUT2D eigenvalue weighted by molar-refractivity contribution is 5.91. The molecule has 9 nitrogen and oxygen atoms in total. The Morgan fingerprint density at radius 2 is 2.29 bits per heavy atom. The molecule has 1 aliphatic heterocycles. The van der Waals surface area contributed by atoms with Crippen LogP contribution in [0.2, 0.25) is 0 Å². The molecule has 1 fully saturated rings. The molecular formula is C18H17FN6O3. The Hall–Kier alpha value is -3.65. The van der Waals surface area contributed by atoms with Crippen LogP contribution < -0.4 is 10.6 Å². The van der Waals surface area contributed by atoms with Crippen LogP contribution in [0.15, 0.2) is 41.6 Å². The van der Waals surface area contributed by atoms with Crippen LogP contribution in [-0.2, 0) is 16.1 Å². The van der Waals surface area contributed by atoms with Gasteiger partial charge in [-0.3, -0.25) is 14.7 Å². The van der Waals surface area contributed by atoms with Crippen molar-refractivity contribution in [1.29, 1.82) is 0 Å². The third kappa shape index (κ3) is 3.86. The first kappa shape index (κ1) is 19.1. The number of pyridine rings is 1. The normalized spacial score (nSPS) is 17.0. The van der Waals surface area contributed by atoms with Crippen LogP contribution in [0.25, 0.3) is 21.6 Å². The van der Waals surface area contributed by atoms with Crippen molar-refractivity contribution in [3.05, 3.63) is 58.5 Å². The van der Waals surface area contributed by atoms with Crippen molar-refractivity contribution in [1.82, 2.24) is 4.98 Å². The molecule has 2 aromatic rings. The third-order valence-corrected chi connectivity index (χ3v) is 4.53. The van der Waals surface area contributed by atoms with Crippen molar-refractivity contribution in [3.8, 4) is 11.1 Å². The van der Waals surface area contributed by atoms with Gasteiger partial charge in [-0.1, -0.05) is 5.11 Å². The lowest BCUT2D eigenvalue weighted by molar-refractivity contribution is -0.123. The first-order valence-electron chi connectivity index (χ1n) is 8.44. The smallest absolute Gasteiger partial charge is 0.414 e. The molecule has 0 bridgehead atoms. The van der Waals surface area contributed by atoms with Gasteiger partial charge in [-0.25, -0.2) is 9.18 Å². The van der Waals surface area contributed by atoms with Crippen LogP contribution in [0.5, 0.6) is 0 Å². The summed E-state index contributed by atoms with van der Waals surface area (Å²) in [5.41, 5.74) is 15.3. The molecule has 0 spiro atoms. The number of aromatic nitrogens is 1. The van der Waals surface area contributed by atoms with Gasteiger partial charge < -0.3 is 10.5 Å². The van der Waals surface area contributed by atoms with E-state index in [1.807, 2.05) is 0 Å². The SMILES string of the molecule is C[C@H](C(N)=O)C1CN(c2ccc(-c3ccnc(CN=[N+]=[N-])c3)c(F)c2)C(=O)O1. The Balaban J connectivity index is 1.84. The maximum atomic E-state index is 14.7. The Labute approximate surface area is 159 Å². The van der Waals surface area contributed by atoms with Crippen molar-refractivity contribution < 1.29 is 18.7 Å². The predicted molar refractivity (Wildman–Crippen MR) is 98.5 cm³/mol. The number of nitrogens with two attached hydrogens (primary N) is 1. The van der Waals surface area contributed by atoms with Gasteiger partial charge >= 0.3 is 6.09 Å². The van der Waals surface area contributed by atoms with E-state index in [0.29, 0.717) is 22.5 Å². The van der Waals surface area contributed by atoms with Gasteiger partial charge in [0.2, 0.25) is 5.91 Å². The lowest BCUT2D eigenvalue weighted by atomic mass is 10.0. The van der Waals surface area contributed by atoms with E-state index in [1.165, 1.54) is 23.2 Å². The minimum Gasteiger partial charge on any atom is -0.443 e. The minimum absolute atomic E-state index is 0.0586. The van der Waals surface area contributed by atoms with Gasteiger partial charge in [0.15, 0.2) is 0 Å². The van der Waals surface area contributed by atoms with E-state index in [0.717, 1.165) is 0 Å². The summed E-state index contributed by atoms with van der Waals surface area (Å²) in [5, 5.41) is 3.44. The third-order valence-electron chi connectivity index (χ3n) is 4.53. The number of hydrogen-bond donors (Lipinski definition) is 1. The molecule has 0 saturated carbocycles. The molecule has 2 heterocycles.